The minimum absolute atomic E-state index is 0.107. The number of benzene rings is 1. The number of fused-ring (bicyclic) bond motifs is 1. The Balaban J connectivity index is 2.30. The number of hydrogen-bond acceptors (Lipinski definition) is 3. The van der Waals surface area contributed by atoms with Crippen LogP contribution < -0.4 is 5.32 Å². The lowest BCUT2D eigenvalue weighted by Gasteiger charge is -2.30. The van der Waals surface area contributed by atoms with Crippen LogP contribution in [0.4, 0.5) is 0 Å². The molecule has 0 radical (unpaired) electrons. The summed E-state index contributed by atoms with van der Waals surface area (Å²) in [4.78, 5) is 23.6. The van der Waals surface area contributed by atoms with Crippen molar-refractivity contribution in [3.63, 3.8) is 0 Å². The Morgan fingerprint density at radius 3 is 2.30 bits per heavy atom. The lowest BCUT2D eigenvalue weighted by atomic mass is 9.89. The fourth-order valence-corrected chi connectivity index (χ4v) is 2.73. The summed E-state index contributed by atoms with van der Waals surface area (Å²) >= 11 is 0. The van der Waals surface area contributed by atoms with E-state index < -0.39 is 11.5 Å². The molecule has 1 amide bonds. The second-order valence-corrected chi connectivity index (χ2v) is 6.10. The monoisotopic (exact) mass is 317 g/mol. The molecule has 5 nitrogen and oxygen atoms in total. The van der Waals surface area contributed by atoms with Gasteiger partial charge in [-0.2, -0.15) is 0 Å². The Kier molecular flexibility index (Phi) is 4.78. The number of nitrogens with one attached hydrogen (secondary N) is 1. The predicted octanol–water partition coefficient (Wildman–Crippen LogP) is 3.81. The molecular weight excluding hydrogens is 294 g/mol. The van der Waals surface area contributed by atoms with Gasteiger partial charge in [0.15, 0.2) is 5.76 Å². The van der Waals surface area contributed by atoms with Gasteiger partial charge in [0.1, 0.15) is 5.58 Å². The van der Waals surface area contributed by atoms with Crippen LogP contribution in [0, 0.1) is 13.8 Å². The molecule has 0 aliphatic heterocycles. The molecule has 0 fully saturated rings. The zero-order chi connectivity index (χ0) is 17.2. The number of furan rings is 1. The highest BCUT2D eigenvalue weighted by molar-refractivity contribution is 5.97. The van der Waals surface area contributed by atoms with Gasteiger partial charge in [-0.1, -0.05) is 13.8 Å². The number of aliphatic carboxylic acids is 1. The Labute approximate surface area is 135 Å². The average Bonchev–Trinajstić information content (AvgIpc) is 2.89. The quantitative estimate of drug-likeness (QED) is 0.849. The summed E-state index contributed by atoms with van der Waals surface area (Å²) in [6.45, 7) is 7.74. The first-order chi connectivity index (χ1) is 10.8. The number of rotatable bonds is 6. The highest BCUT2D eigenvalue weighted by Crippen LogP contribution is 2.25. The molecule has 23 heavy (non-hydrogen) atoms. The third-order valence-electron chi connectivity index (χ3n) is 4.58. The lowest BCUT2D eigenvalue weighted by Crippen LogP contribution is -2.49. The number of carbonyl (C=O) groups is 2. The first-order valence-corrected chi connectivity index (χ1v) is 7.85. The van der Waals surface area contributed by atoms with E-state index in [1.54, 1.807) is 6.07 Å². The van der Waals surface area contributed by atoms with Crippen LogP contribution in [0.5, 0.6) is 0 Å². The van der Waals surface area contributed by atoms with E-state index in [2.05, 4.69) is 5.32 Å². The minimum Gasteiger partial charge on any atom is -0.481 e. The molecule has 0 unspecified atom stereocenters. The molecule has 2 aromatic rings. The normalized spacial score (nSPS) is 11.7. The number of carboxylic acids is 1. The van der Waals surface area contributed by atoms with Crippen LogP contribution in [0.15, 0.2) is 22.6 Å². The van der Waals surface area contributed by atoms with Crippen molar-refractivity contribution in [2.24, 2.45) is 0 Å². The third-order valence-corrected chi connectivity index (χ3v) is 4.58. The van der Waals surface area contributed by atoms with E-state index in [9.17, 15) is 9.59 Å². The van der Waals surface area contributed by atoms with Crippen LogP contribution in [0.2, 0.25) is 0 Å². The summed E-state index contributed by atoms with van der Waals surface area (Å²) in [6.07, 6.45) is 0.976. The van der Waals surface area contributed by atoms with E-state index in [0.29, 0.717) is 18.4 Å². The van der Waals surface area contributed by atoms with Gasteiger partial charge in [-0.15, -0.1) is 0 Å². The van der Waals surface area contributed by atoms with E-state index >= 15 is 0 Å². The van der Waals surface area contributed by atoms with Gasteiger partial charge in [0.2, 0.25) is 0 Å². The van der Waals surface area contributed by atoms with Gasteiger partial charge in [0.05, 0.1) is 12.0 Å². The lowest BCUT2D eigenvalue weighted by molar-refractivity contribution is -0.138. The molecule has 1 aromatic heterocycles. The number of hydrogen-bond donors (Lipinski definition) is 2. The predicted molar refractivity (Wildman–Crippen MR) is 88.7 cm³/mol. The number of carboxylic acid groups (broad SMARTS) is 1. The fourth-order valence-electron chi connectivity index (χ4n) is 2.73. The van der Waals surface area contributed by atoms with Crippen molar-refractivity contribution in [2.75, 3.05) is 0 Å². The van der Waals surface area contributed by atoms with Crippen LogP contribution in [-0.2, 0) is 4.79 Å². The molecular formula is C18H23NO4. The smallest absolute Gasteiger partial charge is 0.305 e. The first-order valence-electron chi connectivity index (χ1n) is 7.85. The Bertz CT molecular complexity index is 702. The molecule has 2 rings (SSSR count). The Hall–Kier alpha value is -2.30. The van der Waals surface area contributed by atoms with Gasteiger partial charge in [-0.05, 0) is 56.0 Å². The van der Waals surface area contributed by atoms with Crippen molar-refractivity contribution >= 4 is 22.8 Å². The summed E-state index contributed by atoms with van der Waals surface area (Å²) in [6, 6.07) is 5.59. The van der Waals surface area contributed by atoms with Crippen molar-refractivity contribution in [2.45, 2.75) is 52.5 Å². The van der Waals surface area contributed by atoms with E-state index in [0.717, 1.165) is 16.5 Å². The van der Waals surface area contributed by atoms with E-state index in [1.165, 1.54) is 0 Å². The van der Waals surface area contributed by atoms with E-state index in [4.69, 9.17) is 9.52 Å². The zero-order valence-electron chi connectivity index (χ0n) is 14.0. The molecule has 0 atom stereocenters. The van der Waals surface area contributed by atoms with E-state index in [-0.39, 0.29) is 18.1 Å². The maximum Gasteiger partial charge on any atom is 0.305 e. The van der Waals surface area contributed by atoms with Gasteiger partial charge >= 0.3 is 5.97 Å². The van der Waals surface area contributed by atoms with Crippen molar-refractivity contribution < 1.29 is 19.1 Å². The van der Waals surface area contributed by atoms with Gasteiger partial charge in [-0.25, -0.2) is 0 Å². The standard InChI is InChI=1S/C18H23NO4/c1-5-18(6-2,10-16(20)21)19-17(22)15-9-13-7-11(3)12(4)8-14(13)23-15/h7-9H,5-6,10H2,1-4H3,(H,19,22)(H,20,21). The Morgan fingerprint density at radius 2 is 1.74 bits per heavy atom. The minimum atomic E-state index is -0.926. The van der Waals surface area contributed by atoms with Gasteiger partial charge in [0, 0.05) is 5.39 Å². The van der Waals surface area contributed by atoms with Crippen LogP contribution in [0.25, 0.3) is 11.0 Å². The second kappa shape index (κ2) is 6.44. The molecule has 5 heteroatoms. The molecule has 124 valence electrons. The molecule has 0 saturated carbocycles. The van der Waals surface area contributed by atoms with Crippen molar-refractivity contribution in [3.05, 3.63) is 35.1 Å². The van der Waals surface area contributed by atoms with Crippen LogP contribution in [-0.4, -0.2) is 22.5 Å². The maximum absolute atomic E-state index is 12.5. The van der Waals surface area contributed by atoms with Crippen LogP contribution in [0.3, 0.4) is 0 Å². The molecule has 0 aliphatic rings. The first kappa shape index (κ1) is 17.1. The number of aryl methyl sites for hydroxylation is 2. The molecule has 2 N–H and O–H groups in total. The number of amides is 1. The second-order valence-electron chi connectivity index (χ2n) is 6.10. The zero-order valence-corrected chi connectivity index (χ0v) is 14.0. The third kappa shape index (κ3) is 3.55. The van der Waals surface area contributed by atoms with Crippen molar-refractivity contribution in [1.82, 2.24) is 5.32 Å². The van der Waals surface area contributed by atoms with Gasteiger partial charge in [-0.3, -0.25) is 9.59 Å². The van der Waals surface area contributed by atoms with Crippen molar-refractivity contribution in [1.29, 1.82) is 0 Å². The molecule has 1 heterocycles. The van der Waals surface area contributed by atoms with Crippen LogP contribution >= 0.6 is 0 Å². The summed E-state index contributed by atoms with van der Waals surface area (Å²) in [5.74, 6) is -1.09. The molecule has 1 aromatic carbocycles. The SMILES string of the molecule is CCC(CC)(CC(=O)O)NC(=O)c1cc2cc(C)c(C)cc2o1. The summed E-state index contributed by atoms with van der Waals surface area (Å²) in [5, 5.41) is 12.8. The highest BCUT2D eigenvalue weighted by atomic mass is 16.4. The maximum atomic E-state index is 12.5. The van der Waals surface area contributed by atoms with Gasteiger partial charge < -0.3 is 14.8 Å². The number of carbonyl (C=O) groups excluding carboxylic acids is 1. The van der Waals surface area contributed by atoms with Crippen LogP contribution in [0.1, 0.15) is 54.8 Å². The largest absolute Gasteiger partial charge is 0.481 e. The van der Waals surface area contributed by atoms with E-state index in [1.807, 2.05) is 39.8 Å². The molecule has 0 bridgehead atoms. The van der Waals surface area contributed by atoms with Gasteiger partial charge in [0.25, 0.3) is 5.91 Å². The highest BCUT2D eigenvalue weighted by Gasteiger charge is 2.32. The summed E-state index contributed by atoms with van der Waals surface area (Å²) < 4.78 is 5.65. The van der Waals surface area contributed by atoms with Crippen molar-refractivity contribution in [3.8, 4) is 0 Å². The molecule has 0 spiro atoms. The fraction of sp³-hybridized carbons (Fsp3) is 0.444. The molecule has 0 aliphatic carbocycles. The molecule has 0 saturated heterocycles. The topological polar surface area (TPSA) is 79.5 Å². The Morgan fingerprint density at radius 1 is 1.13 bits per heavy atom. The summed E-state index contributed by atoms with van der Waals surface area (Å²) in [5.41, 5.74) is 2.14. The summed E-state index contributed by atoms with van der Waals surface area (Å²) in [7, 11) is 0. The average molecular weight is 317 g/mol.